The van der Waals surface area contributed by atoms with Crippen LogP contribution in [0.4, 0.5) is 5.69 Å². The number of anilines is 1. The smallest absolute Gasteiger partial charge is 0.266 e. The molecule has 1 fully saturated rings. The van der Waals surface area contributed by atoms with Gasteiger partial charge in [0.1, 0.15) is 4.88 Å². The van der Waals surface area contributed by atoms with Crippen LogP contribution in [0.3, 0.4) is 0 Å². The number of benzene rings is 1. The number of fused-ring (bicyclic) bond motifs is 1. The minimum absolute atomic E-state index is 0.0250. The number of ether oxygens (including phenoxy) is 1. The van der Waals surface area contributed by atoms with Crippen molar-refractivity contribution in [1.82, 2.24) is 4.90 Å². The van der Waals surface area contributed by atoms with Crippen molar-refractivity contribution in [3.8, 4) is 0 Å². The van der Waals surface area contributed by atoms with Crippen LogP contribution in [0.1, 0.15) is 9.67 Å². The van der Waals surface area contributed by atoms with Crippen LogP contribution < -0.4 is 5.73 Å². The van der Waals surface area contributed by atoms with Crippen molar-refractivity contribution in [2.24, 2.45) is 0 Å². The molecule has 0 unspecified atom stereocenters. The van der Waals surface area contributed by atoms with Crippen LogP contribution in [0.2, 0.25) is 0 Å². The first-order valence-corrected chi connectivity index (χ1v) is 6.73. The van der Waals surface area contributed by atoms with Gasteiger partial charge < -0.3 is 15.4 Å². The molecule has 1 aromatic carbocycles. The maximum absolute atomic E-state index is 12.4. The zero-order valence-electron chi connectivity index (χ0n) is 9.89. The molecule has 2 aromatic rings. The fraction of sp³-hybridized carbons (Fsp3) is 0.308. The molecule has 0 bridgehead atoms. The highest BCUT2D eigenvalue weighted by Crippen LogP contribution is 2.34. The van der Waals surface area contributed by atoms with E-state index in [0.717, 1.165) is 10.1 Å². The Hall–Kier alpha value is -1.59. The van der Waals surface area contributed by atoms with Crippen molar-refractivity contribution in [2.75, 3.05) is 32.0 Å². The second-order valence-electron chi connectivity index (χ2n) is 4.25. The average molecular weight is 262 g/mol. The second-order valence-corrected chi connectivity index (χ2v) is 5.30. The zero-order chi connectivity index (χ0) is 12.5. The number of hydrogen-bond donors (Lipinski definition) is 1. The molecule has 0 radical (unpaired) electrons. The number of morpholine rings is 1. The maximum atomic E-state index is 12.4. The highest BCUT2D eigenvalue weighted by atomic mass is 32.1. The van der Waals surface area contributed by atoms with E-state index in [4.69, 9.17) is 10.5 Å². The molecule has 5 heteroatoms. The Balaban J connectivity index is 1.98. The van der Waals surface area contributed by atoms with Gasteiger partial charge in [0, 0.05) is 23.2 Å². The molecule has 18 heavy (non-hydrogen) atoms. The van der Waals surface area contributed by atoms with Gasteiger partial charge in [0.05, 0.1) is 18.9 Å². The number of nitrogens with two attached hydrogens (primary N) is 1. The van der Waals surface area contributed by atoms with Crippen LogP contribution in [0, 0.1) is 0 Å². The molecule has 1 aliphatic rings. The number of carbonyl (C=O) groups is 1. The first-order chi connectivity index (χ1) is 8.77. The Morgan fingerprint density at radius 3 is 2.72 bits per heavy atom. The third-order valence-corrected chi connectivity index (χ3v) is 4.30. The highest BCUT2D eigenvalue weighted by molar-refractivity contribution is 7.21. The van der Waals surface area contributed by atoms with Gasteiger partial charge in [0.2, 0.25) is 0 Å². The molecule has 1 amide bonds. The Kier molecular flexibility index (Phi) is 2.93. The lowest BCUT2D eigenvalue weighted by molar-refractivity contribution is 0.0307. The fourth-order valence-electron chi connectivity index (χ4n) is 2.13. The Morgan fingerprint density at radius 2 is 2.00 bits per heavy atom. The van der Waals surface area contributed by atoms with Gasteiger partial charge in [-0.25, -0.2) is 0 Å². The van der Waals surface area contributed by atoms with Crippen molar-refractivity contribution < 1.29 is 9.53 Å². The van der Waals surface area contributed by atoms with Gasteiger partial charge in [-0.15, -0.1) is 11.3 Å². The van der Waals surface area contributed by atoms with Gasteiger partial charge in [0.25, 0.3) is 5.91 Å². The van der Waals surface area contributed by atoms with Crippen LogP contribution >= 0.6 is 11.3 Å². The van der Waals surface area contributed by atoms with Crippen molar-refractivity contribution >= 4 is 33.0 Å². The topological polar surface area (TPSA) is 55.6 Å². The lowest BCUT2D eigenvalue weighted by atomic mass is 10.2. The molecule has 94 valence electrons. The summed E-state index contributed by atoms with van der Waals surface area (Å²) in [6.07, 6.45) is 0. The third kappa shape index (κ3) is 1.85. The summed E-state index contributed by atoms with van der Waals surface area (Å²) >= 11 is 1.47. The molecular formula is C13H14N2O2S. The first-order valence-electron chi connectivity index (χ1n) is 5.91. The molecule has 0 saturated carbocycles. The van der Waals surface area contributed by atoms with Crippen LogP contribution in [0.5, 0.6) is 0 Å². The van der Waals surface area contributed by atoms with Crippen LogP contribution in [-0.2, 0) is 4.74 Å². The molecule has 4 nitrogen and oxygen atoms in total. The van der Waals surface area contributed by atoms with Gasteiger partial charge >= 0.3 is 0 Å². The molecule has 1 aliphatic heterocycles. The number of nitrogens with zero attached hydrogens (tertiary/aromatic N) is 1. The number of hydrogen-bond acceptors (Lipinski definition) is 4. The molecule has 2 N–H and O–H groups in total. The van der Waals surface area contributed by atoms with Crippen molar-refractivity contribution in [1.29, 1.82) is 0 Å². The molecule has 0 atom stereocenters. The fourth-order valence-corrected chi connectivity index (χ4v) is 3.23. The normalized spacial score (nSPS) is 16.1. The molecular weight excluding hydrogens is 248 g/mol. The Labute approximate surface area is 109 Å². The monoisotopic (exact) mass is 262 g/mol. The van der Waals surface area contributed by atoms with Crippen molar-refractivity contribution in [3.63, 3.8) is 0 Å². The van der Waals surface area contributed by atoms with E-state index in [1.165, 1.54) is 11.3 Å². The van der Waals surface area contributed by atoms with E-state index in [9.17, 15) is 4.79 Å². The van der Waals surface area contributed by atoms with E-state index in [1.54, 1.807) is 0 Å². The summed E-state index contributed by atoms with van der Waals surface area (Å²) in [6, 6.07) is 7.85. The van der Waals surface area contributed by atoms with E-state index in [1.807, 2.05) is 29.2 Å². The lowest BCUT2D eigenvalue weighted by Crippen LogP contribution is -2.40. The van der Waals surface area contributed by atoms with E-state index in [2.05, 4.69) is 0 Å². The molecule has 1 aromatic heterocycles. The number of amides is 1. The largest absolute Gasteiger partial charge is 0.397 e. The quantitative estimate of drug-likeness (QED) is 0.854. The minimum Gasteiger partial charge on any atom is -0.397 e. The summed E-state index contributed by atoms with van der Waals surface area (Å²) in [5.41, 5.74) is 6.68. The number of thiophene rings is 1. The summed E-state index contributed by atoms with van der Waals surface area (Å²) in [5.74, 6) is 0.0250. The minimum atomic E-state index is 0.0250. The average Bonchev–Trinajstić information content (AvgIpc) is 2.77. The van der Waals surface area contributed by atoms with Crippen LogP contribution in [0.15, 0.2) is 24.3 Å². The van der Waals surface area contributed by atoms with Gasteiger partial charge in [-0.3, -0.25) is 4.79 Å². The standard InChI is InChI=1S/C13H14N2O2S/c14-11-9-3-1-2-4-10(9)18-12(11)13(16)15-5-7-17-8-6-15/h1-4H,5-8,14H2. The predicted octanol–water partition coefficient (Wildman–Crippen LogP) is 1.96. The van der Waals surface area contributed by atoms with E-state index >= 15 is 0 Å². The third-order valence-electron chi connectivity index (χ3n) is 3.13. The van der Waals surface area contributed by atoms with E-state index in [-0.39, 0.29) is 5.91 Å². The summed E-state index contributed by atoms with van der Waals surface area (Å²) in [4.78, 5) is 14.9. The first kappa shape index (κ1) is 11.5. The molecule has 0 spiro atoms. The van der Waals surface area contributed by atoms with Crippen LogP contribution in [-0.4, -0.2) is 37.1 Å². The van der Waals surface area contributed by atoms with Crippen LogP contribution in [0.25, 0.3) is 10.1 Å². The number of nitrogen functional groups attached to an aromatic ring is 1. The Morgan fingerprint density at radius 1 is 1.28 bits per heavy atom. The Bertz CT molecular complexity index is 588. The predicted molar refractivity (Wildman–Crippen MR) is 73.0 cm³/mol. The summed E-state index contributed by atoms with van der Waals surface area (Å²) in [5, 5.41) is 0.971. The highest BCUT2D eigenvalue weighted by Gasteiger charge is 2.23. The molecule has 3 rings (SSSR count). The summed E-state index contributed by atoms with van der Waals surface area (Å²) in [6.45, 7) is 2.51. The van der Waals surface area contributed by atoms with Gasteiger partial charge in [0.15, 0.2) is 0 Å². The van der Waals surface area contributed by atoms with Crippen molar-refractivity contribution in [2.45, 2.75) is 0 Å². The van der Waals surface area contributed by atoms with E-state index < -0.39 is 0 Å². The number of rotatable bonds is 1. The molecule has 0 aliphatic carbocycles. The SMILES string of the molecule is Nc1c(C(=O)N2CCOCC2)sc2ccccc12. The lowest BCUT2D eigenvalue weighted by Gasteiger charge is -2.26. The summed E-state index contributed by atoms with van der Waals surface area (Å²) < 4.78 is 6.31. The molecule has 1 saturated heterocycles. The summed E-state index contributed by atoms with van der Waals surface area (Å²) in [7, 11) is 0. The molecule has 2 heterocycles. The maximum Gasteiger partial charge on any atom is 0.266 e. The number of carbonyl (C=O) groups excluding carboxylic acids is 1. The zero-order valence-corrected chi connectivity index (χ0v) is 10.7. The van der Waals surface area contributed by atoms with E-state index in [0.29, 0.717) is 36.9 Å². The van der Waals surface area contributed by atoms with Crippen molar-refractivity contribution in [3.05, 3.63) is 29.1 Å². The van der Waals surface area contributed by atoms with Gasteiger partial charge in [-0.1, -0.05) is 18.2 Å². The van der Waals surface area contributed by atoms with Gasteiger partial charge in [-0.2, -0.15) is 0 Å². The second kappa shape index (κ2) is 4.59. The van der Waals surface area contributed by atoms with Gasteiger partial charge in [-0.05, 0) is 6.07 Å².